The Hall–Kier alpha value is -1.22. The number of anilines is 1. The number of benzene rings is 1. The van der Waals surface area contributed by atoms with Crippen molar-refractivity contribution in [2.24, 2.45) is 5.73 Å². The van der Waals surface area contributed by atoms with E-state index in [0.717, 1.165) is 30.0 Å². The van der Waals surface area contributed by atoms with Gasteiger partial charge < -0.3 is 15.8 Å². The lowest BCUT2D eigenvalue weighted by molar-refractivity contribution is 0.412. The van der Waals surface area contributed by atoms with E-state index in [1.807, 2.05) is 13.8 Å². The van der Waals surface area contributed by atoms with E-state index in [9.17, 15) is 0 Å². The van der Waals surface area contributed by atoms with Gasteiger partial charge in [-0.2, -0.15) is 0 Å². The van der Waals surface area contributed by atoms with Gasteiger partial charge in [-0.05, 0) is 51.3 Å². The van der Waals surface area contributed by atoms with Gasteiger partial charge in [-0.15, -0.1) is 0 Å². The lowest BCUT2D eigenvalue weighted by atomic mass is 10.0. The molecule has 0 fully saturated rings. The van der Waals surface area contributed by atoms with E-state index >= 15 is 0 Å². The van der Waals surface area contributed by atoms with Crippen LogP contribution in [0.2, 0.25) is 0 Å². The molecule has 3 heteroatoms. The van der Waals surface area contributed by atoms with Crippen LogP contribution in [0.3, 0.4) is 0 Å². The number of rotatable bonds is 5. The number of aryl methyl sites for hydroxylation is 2. The van der Waals surface area contributed by atoms with Crippen LogP contribution in [-0.2, 0) is 0 Å². The number of hydrogen-bond acceptors (Lipinski definition) is 3. The second-order valence-corrected chi connectivity index (χ2v) is 5.33. The van der Waals surface area contributed by atoms with Gasteiger partial charge in [-0.3, -0.25) is 0 Å². The molecule has 0 bridgehead atoms. The summed E-state index contributed by atoms with van der Waals surface area (Å²) in [5, 5.41) is 3.40. The van der Waals surface area contributed by atoms with Crippen LogP contribution in [0, 0.1) is 13.8 Å². The Morgan fingerprint density at radius 3 is 2.47 bits per heavy atom. The Bertz CT molecular complexity index is 381. The average molecular weight is 236 g/mol. The molecule has 0 saturated carbocycles. The largest absolute Gasteiger partial charge is 0.494 e. The van der Waals surface area contributed by atoms with Crippen LogP contribution in [0.25, 0.3) is 0 Å². The zero-order chi connectivity index (χ0) is 13.1. The van der Waals surface area contributed by atoms with E-state index in [4.69, 9.17) is 10.5 Å². The molecular formula is C14H24N2O. The van der Waals surface area contributed by atoms with Crippen molar-refractivity contribution in [2.75, 3.05) is 19.0 Å². The van der Waals surface area contributed by atoms with E-state index in [1.54, 1.807) is 7.11 Å². The van der Waals surface area contributed by atoms with Crippen molar-refractivity contribution in [1.82, 2.24) is 0 Å². The highest BCUT2D eigenvalue weighted by Crippen LogP contribution is 2.29. The minimum atomic E-state index is -0.140. The number of nitrogens with one attached hydrogen (secondary N) is 1. The molecule has 0 atom stereocenters. The standard InChI is InChI=1S/C14H24N2O/c1-10-8-11(2)13(17-5)12(9-10)16-7-6-14(3,4)15/h8-9,16H,6-7,15H2,1-5H3. The van der Waals surface area contributed by atoms with Crippen LogP contribution in [0.4, 0.5) is 5.69 Å². The molecule has 0 unspecified atom stereocenters. The van der Waals surface area contributed by atoms with Crippen molar-refractivity contribution in [3.63, 3.8) is 0 Å². The van der Waals surface area contributed by atoms with Crippen molar-refractivity contribution in [1.29, 1.82) is 0 Å². The van der Waals surface area contributed by atoms with Gasteiger partial charge in [0.2, 0.25) is 0 Å². The van der Waals surface area contributed by atoms with Crippen molar-refractivity contribution in [3.8, 4) is 5.75 Å². The summed E-state index contributed by atoms with van der Waals surface area (Å²) in [6.45, 7) is 9.07. The van der Waals surface area contributed by atoms with E-state index in [-0.39, 0.29) is 5.54 Å². The lowest BCUT2D eigenvalue weighted by Gasteiger charge is -2.20. The molecule has 0 aliphatic carbocycles. The summed E-state index contributed by atoms with van der Waals surface area (Å²) < 4.78 is 5.42. The maximum absolute atomic E-state index is 5.96. The van der Waals surface area contributed by atoms with Gasteiger partial charge in [-0.1, -0.05) is 6.07 Å². The van der Waals surface area contributed by atoms with E-state index < -0.39 is 0 Å². The zero-order valence-electron chi connectivity index (χ0n) is 11.6. The molecule has 17 heavy (non-hydrogen) atoms. The van der Waals surface area contributed by atoms with Crippen molar-refractivity contribution in [3.05, 3.63) is 23.3 Å². The Labute approximate surface area is 104 Å². The third-order valence-corrected chi connectivity index (χ3v) is 2.71. The summed E-state index contributed by atoms with van der Waals surface area (Å²) in [5.74, 6) is 0.922. The first-order valence-corrected chi connectivity index (χ1v) is 6.01. The van der Waals surface area contributed by atoms with Crippen LogP contribution in [0.15, 0.2) is 12.1 Å². The molecule has 0 spiro atoms. The SMILES string of the molecule is COc1c(C)cc(C)cc1NCCC(C)(C)N. The molecule has 3 N–H and O–H groups in total. The predicted octanol–water partition coefficient (Wildman–Crippen LogP) is 2.85. The van der Waals surface area contributed by atoms with Crippen LogP contribution in [0.1, 0.15) is 31.4 Å². The molecule has 1 rings (SSSR count). The molecular weight excluding hydrogens is 212 g/mol. The Morgan fingerprint density at radius 2 is 1.94 bits per heavy atom. The third kappa shape index (κ3) is 4.27. The average Bonchev–Trinajstić information content (AvgIpc) is 2.14. The molecule has 0 amide bonds. The van der Waals surface area contributed by atoms with E-state index in [1.165, 1.54) is 5.56 Å². The summed E-state index contributed by atoms with van der Waals surface area (Å²) in [6.07, 6.45) is 0.920. The van der Waals surface area contributed by atoms with Crippen molar-refractivity contribution < 1.29 is 4.74 Å². The first-order valence-electron chi connectivity index (χ1n) is 6.01. The van der Waals surface area contributed by atoms with Crippen LogP contribution in [-0.4, -0.2) is 19.2 Å². The summed E-state index contributed by atoms with van der Waals surface area (Å²) in [7, 11) is 1.70. The monoisotopic (exact) mass is 236 g/mol. The van der Waals surface area contributed by atoms with Gasteiger partial charge in [0.1, 0.15) is 5.75 Å². The number of hydrogen-bond donors (Lipinski definition) is 2. The molecule has 1 aromatic rings. The second-order valence-electron chi connectivity index (χ2n) is 5.33. The Balaban J connectivity index is 2.76. The van der Waals surface area contributed by atoms with Gasteiger partial charge in [0, 0.05) is 12.1 Å². The fraction of sp³-hybridized carbons (Fsp3) is 0.571. The number of ether oxygens (including phenoxy) is 1. The third-order valence-electron chi connectivity index (χ3n) is 2.71. The van der Waals surface area contributed by atoms with Gasteiger partial charge >= 0.3 is 0 Å². The highest BCUT2D eigenvalue weighted by Gasteiger charge is 2.11. The number of methoxy groups -OCH3 is 1. The molecule has 0 heterocycles. The summed E-state index contributed by atoms with van der Waals surface area (Å²) in [6, 6.07) is 4.23. The predicted molar refractivity (Wildman–Crippen MR) is 73.8 cm³/mol. The molecule has 3 nitrogen and oxygen atoms in total. The van der Waals surface area contributed by atoms with E-state index in [0.29, 0.717) is 0 Å². The van der Waals surface area contributed by atoms with Gasteiger partial charge in [0.15, 0.2) is 0 Å². The lowest BCUT2D eigenvalue weighted by Crippen LogP contribution is -2.34. The van der Waals surface area contributed by atoms with Gasteiger partial charge in [-0.25, -0.2) is 0 Å². The highest BCUT2D eigenvalue weighted by atomic mass is 16.5. The van der Waals surface area contributed by atoms with E-state index in [2.05, 4.69) is 31.3 Å². The quantitative estimate of drug-likeness (QED) is 0.826. The molecule has 0 saturated heterocycles. The fourth-order valence-corrected chi connectivity index (χ4v) is 1.88. The Morgan fingerprint density at radius 1 is 1.29 bits per heavy atom. The maximum Gasteiger partial charge on any atom is 0.144 e. The van der Waals surface area contributed by atoms with Crippen molar-refractivity contribution >= 4 is 5.69 Å². The fourth-order valence-electron chi connectivity index (χ4n) is 1.88. The van der Waals surface area contributed by atoms with Crippen molar-refractivity contribution in [2.45, 2.75) is 39.7 Å². The molecule has 0 aliphatic rings. The minimum Gasteiger partial charge on any atom is -0.494 e. The molecule has 1 aromatic carbocycles. The minimum absolute atomic E-state index is 0.140. The van der Waals surface area contributed by atoms with Crippen LogP contribution < -0.4 is 15.8 Å². The summed E-state index contributed by atoms with van der Waals surface area (Å²) >= 11 is 0. The first kappa shape index (κ1) is 13.8. The first-order chi connectivity index (χ1) is 7.83. The number of nitrogens with two attached hydrogens (primary N) is 1. The van der Waals surface area contributed by atoms with Crippen LogP contribution in [0.5, 0.6) is 5.75 Å². The molecule has 96 valence electrons. The zero-order valence-corrected chi connectivity index (χ0v) is 11.6. The van der Waals surface area contributed by atoms with Crippen LogP contribution >= 0.6 is 0 Å². The topological polar surface area (TPSA) is 47.3 Å². The Kier molecular flexibility index (Phi) is 4.40. The molecule has 0 aromatic heterocycles. The summed E-state index contributed by atoms with van der Waals surface area (Å²) in [4.78, 5) is 0. The summed E-state index contributed by atoms with van der Waals surface area (Å²) in [5.41, 5.74) is 9.26. The smallest absolute Gasteiger partial charge is 0.144 e. The van der Waals surface area contributed by atoms with Gasteiger partial charge in [0.25, 0.3) is 0 Å². The highest BCUT2D eigenvalue weighted by molar-refractivity contribution is 5.61. The maximum atomic E-state index is 5.96. The van der Waals surface area contributed by atoms with Gasteiger partial charge in [0.05, 0.1) is 12.8 Å². The molecule has 0 radical (unpaired) electrons. The molecule has 0 aliphatic heterocycles. The normalized spacial score (nSPS) is 11.4. The second kappa shape index (κ2) is 5.41.